The molecule has 0 amide bonds. The number of hydrogen-bond acceptors (Lipinski definition) is 7. The molecular formula is C26H51BN4O3. The van der Waals surface area contributed by atoms with Gasteiger partial charge in [0.05, 0.1) is 18.2 Å². The first-order valence-electron chi connectivity index (χ1n) is 13.4. The van der Waals surface area contributed by atoms with Crippen LogP contribution < -0.4 is 10.7 Å². The first-order chi connectivity index (χ1) is 15.9. The van der Waals surface area contributed by atoms with E-state index in [1.54, 1.807) is 6.92 Å². The van der Waals surface area contributed by atoms with E-state index in [1.807, 2.05) is 20.9 Å². The lowest BCUT2D eigenvalue weighted by molar-refractivity contribution is -0.153. The summed E-state index contributed by atoms with van der Waals surface area (Å²) in [6, 6.07) is -0.281. The Morgan fingerprint density at radius 3 is 1.97 bits per heavy atom. The molecular weight excluding hydrogens is 427 g/mol. The maximum atomic E-state index is 13.9. The highest BCUT2D eigenvalue weighted by Crippen LogP contribution is 2.45. The van der Waals surface area contributed by atoms with Gasteiger partial charge in [0.25, 0.3) is 7.41 Å². The summed E-state index contributed by atoms with van der Waals surface area (Å²) < 4.78 is 0. The Kier molecular flexibility index (Phi) is 11.6. The smallest absolute Gasteiger partial charge is 0.284 e. The Labute approximate surface area is 209 Å². The fraction of sp³-hybridized carbons (Fsp3) is 0.885. The van der Waals surface area contributed by atoms with E-state index in [4.69, 9.17) is 0 Å². The molecule has 1 heterocycles. The van der Waals surface area contributed by atoms with Crippen molar-refractivity contribution in [2.45, 2.75) is 118 Å². The lowest BCUT2D eigenvalue weighted by Gasteiger charge is -2.57. The Balaban J connectivity index is 3.33. The van der Waals surface area contributed by atoms with Gasteiger partial charge in [-0.3, -0.25) is 14.5 Å². The van der Waals surface area contributed by atoms with Gasteiger partial charge in [-0.25, -0.2) is 10.4 Å². The largest absolute Gasteiger partial charge is 0.341 e. The number of likely N-dealkylation sites (N-methyl/N-ethyl adjacent to an activating group) is 1. The molecule has 196 valence electrons. The summed E-state index contributed by atoms with van der Waals surface area (Å²) in [5.41, 5.74) is 1.85. The van der Waals surface area contributed by atoms with Crippen molar-refractivity contribution in [2.24, 2.45) is 11.3 Å². The van der Waals surface area contributed by atoms with Crippen molar-refractivity contribution in [1.82, 2.24) is 20.6 Å². The van der Waals surface area contributed by atoms with Gasteiger partial charge >= 0.3 is 0 Å². The monoisotopic (exact) mass is 478 g/mol. The molecule has 0 aromatic heterocycles. The third kappa shape index (κ3) is 6.00. The third-order valence-corrected chi connectivity index (χ3v) is 9.08. The fourth-order valence-corrected chi connectivity index (χ4v) is 5.73. The molecule has 1 aliphatic heterocycles. The quantitative estimate of drug-likeness (QED) is 0.350. The Morgan fingerprint density at radius 2 is 1.56 bits per heavy atom. The molecule has 0 saturated carbocycles. The number of nitrogens with one attached hydrogen (secondary N) is 2. The zero-order valence-corrected chi connectivity index (χ0v) is 23.6. The SMILES string of the molecule is CCC(CC)C(=O)C1CN(C)CN(C(CC)(CC)C(C)(CC)C(=O)BNC(C)(CC)C(C)=O)N1. The topological polar surface area (TPSA) is 81.8 Å². The second-order valence-electron chi connectivity index (χ2n) is 10.6. The Hall–Kier alpha value is -1.09. The van der Waals surface area contributed by atoms with Gasteiger partial charge < -0.3 is 10.0 Å². The number of carbonyl (C=O) groups excluding carboxylic acids is 3. The summed E-state index contributed by atoms with van der Waals surface area (Å²) in [6.07, 6.45) is 4.52. The van der Waals surface area contributed by atoms with Gasteiger partial charge in [-0.15, -0.1) is 0 Å². The maximum Gasteiger partial charge on any atom is 0.284 e. The van der Waals surface area contributed by atoms with Crippen molar-refractivity contribution in [3.63, 3.8) is 0 Å². The van der Waals surface area contributed by atoms with E-state index < -0.39 is 16.5 Å². The Morgan fingerprint density at radius 1 is 1.00 bits per heavy atom. The average molecular weight is 479 g/mol. The second-order valence-corrected chi connectivity index (χ2v) is 10.6. The van der Waals surface area contributed by atoms with E-state index in [0.29, 0.717) is 26.1 Å². The molecule has 1 saturated heterocycles. The summed E-state index contributed by atoms with van der Waals surface area (Å²) in [5.74, 6) is 0.347. The van der Waals surface area contributed by atoms with Crippen LogP contribution in [-0.4, -0.2) is 72.0 Å². The minimum atomic E-state index is -0.707. The lowest BCUT2D eigenvalue weighted by atomic mass is 9.55. The Bertz CT molecular complexity index is 710. The van der Waals surface area contributed by atoms with Gasteiger partial charge in [0.2, 0.25) is 0 Å². The number of hydrazine groups is 1. The van der Waals surface area contributed by atoms with Crippen LogP contribution in [0.2, 0.25) is 0 Å². The third-order valence-electron chi connectivity index (χ3n) is 9.08. The van der Waals surface area contributed by atoms with Gasteiger partial charge in [0, 0.05) is 23.4 Å². The molecule has 0 bridgehead atoms. The summed E-state index contributed by atoms with van der Waals surface area (Å²) in [4.78, 5) is 41.6. The minimum absolute atomic E-state index is 0.0420. The van der Waals surface area contributed by atoms with Gasteiger partial charge in [0.1, 0.15) is 11.5 Å². The molecule has 0 radical (unpaired) electrons. The maximum absolute atomic E-state index is 13.9. The molecule has 8 heteroatoms. The van der Waals surface area contributed by atoms with E-state index in [1.165, 1.54) is 0 Å². The van der Waals surface area contributed by atoms with Crippen molar-refractivity contribution in [2.75, 3.05) is 20.3 Å². The van der Waals surface area contributed by atoms with Gasteiger partial charge in [-0.1, -0.05) is 48.5 Å². The normalized spacial score (nSPS) is 21.7. The van der Waals surface area contributed by atoms with E-state index >= 15 is 0 Å². The van der Waals surface area contributed by atoms with Crippen molar-refractivity contribution in [3.05, 3.63) is 0 Å². The lowest BCUT2D eigenvalue weighted by Crippen LogP contribution is -2.73. The summed E-state index contributed by atoms with van der Waals surface area (Å²) in [7, 11) is 2.19. The van der Waals surface area contributed by atoms with E-state index in [9.17, 15) is 14.4 Å². The molecule has 1 rings (SSSR count). The van der Waals surface area contributed by atoms with Crippen LogP contribution >= 0.6 is 0 Å². The van der Waals surface area contributed by atoms with E-state index in [0.717, 1.165) is 25.7 Å². The van der Waals surface area contributed by atoms with Crippen molar-refractivity contribution in [1.29, 1.82) is 0 Å². The predicted octanol–water partition coefficient (Wildman–Crippen LogP) is 3.27. The second kappa shape index (κ2) is 12.7. The fourth-order valence-electron chi connectivity index (χ4n) is 5.73. The number of carbonyl (C=O) groups is 3. The molecule has 7 nitrogen and oxygen atoms in total. The van der Waals surface area contributed by atoms with Crippen LogP contribution in [0.25, 0.3) is 0 Å². The molecule has 0 aliphatic carbocycles. The molecule has 0 aromatic carbocycles. The standard InChI is InChI=1S/C26H51BN4O3/c1-11-20(12-2)22(33)21-17-30(10)18-31(28-21)26(15-5,16-6)24(8,13-3)23(34)27-29-25(9,14-4)19(7)32/h20-21,27-29H,11-18H2,1-10H3. The first-order valence-corrected chi connectivity index (χ1v) is 13.4. The van der Waals surface area contributed by atoms with Crippen molar-refractivity contribution >= 4 is 24.7 Å². The van der Waals surface area contributed by atoms with Crippen LogP contribution in [-0.2, 0) is 14.4 Å². The molecule has 3 atom stereocenters. The highest BCUT2D eigenvalue weighted by Gasteiger charge is 2.54. The van der Waals surface area contributed by atoms with Crippen LogP contribution in [0.1, 0.15) is 101 Å². The van der Waals surface area contributed by atoms with E-state index in [-0.39, 0.29) is 36.6 Å². The summed E-state index contributed by atoms with van der Waals surface area (Å²) in [6.45, 7) is 19.3. The minimum Gasteiger partial charge on any atom is -0.341 e. The zero-order valence-electron chi connectivity index (χ0n) is 23.6. The number of ketones is 2. The molecule has 0 aromatic rings. The van der Waals surface area contributed by atoms with Crippen LogP contribution in [0.15, 0.2) is 0 Å². The number of Topliss-reactive ketones (excluding diaryl/α,β-unsaturated/α-hetero) is 2. The molecule has 34 heavy (non-hydrogen) atoms. The van der Waals surface area contributed by atoms with Crippen LogP contribution in [0, 0.1) is 11.3 Å². The van der Waals surface area contributed by atoms with Crippen LogP contribution in [0.3, 0.4) is 0 Å². The molecule has 2 N–H and O–H groups in total. The number of nitrogens with zero attached hydrogens (tertiary/aromatic N) is 2. The van der Waals surface area contributed by atoms with Crippen LogP contribution in [0.5, 0.6) is 0 Å². The van der Waals surface area contributed by atoms with Gasteiger partial charge in [-0.05, 0) is 59.4 Å². The van der Waals surface area contributed by atoms with Crippen LogP contribution in [0.4, 0.5) is 0 Å². The highest BCUT2D eigenvalue weighted by molar-refractivity contribution is 6.73. The van der Waals surface area contributed by atoms with Crippen molar-refractivity contribution < 1.29 is 14.4 Å². The molecule has 1 aliphatic rings. The van der Waals surface area contributed by atoms with Gasteiger partial charge in [-0.2, -0.15) is 0 Å². The number of hydrogen-bond donors (Lipinski definition) is 2. The highest BCUT2D eigenvalue weighted by atomic mass is 16.1. The average Bonchev–Trinajstić information content (AvgIpc) is 2.83. The van der Waals surface area contributed by atoms with E-state index in [2.05, 4.69) is 62.1 Å². The van der Waals surface area contributed by atoms with Gasteiger partial charge in [0.15, 0.2) is 5.78 Å². The molecule has 1 fully saturated rings. The summed E-state index contributed by atoms with van der Waals surface area (Å²) >= 11 is 0. The zero-order chi connectivity index (χ0) is 26.3. The molecule has 0 spiro atoms. The summed E-state index contributed by atoms with van der Waals surface area (Å²) in [5, 5.41) is 5.46. The van der Waals surface area contributed by atoms with Crippen molar-refractivity contribution in [3.8, 4) is 0 Å². The predicted molar refractivity (Wildman–Crippen MR) is 142 cm³/mol. The molecule has 3 unspecified atom stereocenters. The number of rotatable bonds is 15. The first kappa shape index (κ1) is 30.9.